The van der Waals surface area contributed by atoms with Gasteiger partial charge in [0.05, 0.1) is 21.7 Å². The van der Waals surface area contributed by atoms with Gasteiger partial charge >= 0.3 is 5.97 Å². The van der Waals surface area contributed by atoms with Crippen molar-refractivity contribution in [2.45, 2.75) is 4.90 Å². The first-order chi connectivity index (χ1) is 13.8. The Bertz CT molecular complexity index is 1170. The third kappa shape index (κ3) is 5.57. The van der Waals surface area contributed by atoms with Crippen molar-refractivity contribution in [3.8, 4) is 5.75 Å². The summed E-state index contributed by atoms with van der Waals surface area (Å²) in [5.74, 6) is -0.401. The highest BCUT2D eigenvalue weighted by Gasteiger charge is 2.14. The summed E-state index contributed by atoms with van der Waals surface area (Å²) in [5.41, 5.74) is 0.694. The summed E-state index contributed by atoms with van der Waals surface area (Å²) < 4.78 is 29.6. The predicted octanol–water partition coefficient (Wildman–Crippen LogP) is 4.53. The first-order valence-electron chi connectivity index (χ1n) is 8.22. The molecule has 0 radical (unpaired) electrons. The largest absolute Gasteiger partial charge is 0.423 e. The molecule has 29 heavy (non-hydrogen) atoms. The fourth-order valence-electron chi connectivity index (χ4n) is 2.30. The van der Waals surface area contributed by atoms with Gasteiger partial charge in [-0.15, -0.1) is 0 Å². The van der Waals surface area contributed by atoms with Gasteiger partial charge in [0.25, 0.3) is 10.0 Å². The lowest BCUT2D eigenvalue weighted by Gasteiger charge is -2.07. The van der Waals surface area contributed by atoms with Crippen LogP contribution in [0.3, 0.4) is 0 Å². The van der Waals surface area contributed by atoms with E-state index in [0.717, 1.165) is 0 Å². The number of hydrogen-bond donors (Lipinski definition) is 1. The Kier molecular flexibility index (Phi) is 6.53. The number of nitrogens with zero attached hydrogens (tertiary/aromatic N) is 1. The highest BCUT2D eigenvalue weighted by Crippen LogP contribution is 2.23. The summed E-state index contributed by atoms with van der Waals surface area (Å²) in [4.78, 5) is 14.5. The maximum Gasteiger partial charge on any atom is 0.345 e. The summed E-state index contributed by atoms with van der Waals surface area (Å²) in [6.45, 7) is 0. The van der Waals surface area contributed by atoms with Crippen LogP contribution in [0.1, 0.15) is 15.9 Å². The van der Waals surface area contributed by atoms with Crippen LogP contribution in [0.2, 0.25) is 10.0 Å². The van der Waals surface area contributed by atoms with E-state index in [2.05, 4.69) is 9.93 Å². The lowest BCUT2D eigenvalue weighted by molar-refractivity contribution is 0.0735. The quantitative estimate of drug-likeness (QED) is 0.260. The van der Waals surface area contributed by atoms with Crippen LogP contribution in [0.15, 0.2) is 82.8 Å². The Labute approximate surface area is 177 Å². The first kappa shape index (κ1) is 20.9. The van der Waals surface area contributed by atoms with Gasteiger partial charge in [-0.2, -0.15) is 13.5 Å². The van der Waals surface area contributed by atoms with Crippen LogP contribution in [0.5, 0.6) is 5.75 Å². The van der Waals surface area contributed by atoms with Crippen LogP contribution in [0, 0.1) is 0 Å². The van der Waals surface area contributed by atoms with E-state index in [4.69, 9.17) is 27.9 Å². The number of benzene rings is 3. The molecule has 0 saturated heterocycles. The minimum atomic E-state index is -3.76. The van der Waals surface area contributed by atoms with E-state index in [9.17, 15) is 13.2 Å². The fraction of sp³-hybridized carbons (Fsp3) is 0. The molecule has 3 aromatic rings. The Morgan fingerprint density at radius 2 is 1.72 bits per heavy atom. The molecule has 148 valence electrons. The molecule has 0 aliphatic rings. The van der Waals surface area contributed by atoms with Crippen molar-refractivity contribution in [3.63, 3.8) is 0 Å². The van der Waals surface area contributed by atoms with Gasteiger partial charge in [-0.25, -0.2) is 9.63 Å². The number of hydrazone groups is 1. The Morgan fingerprint density at radius 3 is 2.45 bits per heavy atom. The number of hydrogen-bond acceptors (Lipinski definition) is 5. The van der Waals surface area contributed by atoms with Crippen molar-refractivity contribution in [3.05, 3.63) is 94.0 Å². The van der Waals surface area contributed by atoms with Crippen LogP contribution in [-0.2, 0) is 10.0 Å². The highest BCUT2D eigenvalue weighted by molar-refractivity contribution is 7.89. The molecule has 0 amide bonds. The van der Waals surface area contributed by atoms with Gasteiger partial charge in [0.15, 0.2) is 0 Å². The third-order valence-electron chi connectivity index (χ3n) is 3.66. The number of rotatable bonds is 6. The number of carbonyl (C=O) groups excluding carboxylic acids is 1. The van der Waals surface area contributed by atoms with E-state index < -0.39 is 16.0 Å². The molecule has 0 unspecified atom stereocenters. The van der Waals surface area contributed by atoms with Crippen molar-refractivity contribution >= 4 is 45.4 Å². The number of halogens is 2. The van der Waals surface area contributed by atoms with Gasteiger partial charge in [-0.3, -0.25) is 0 Å². The molecule has 0 bridgehead atoms. The number of ether oxygens (including phenoxy) is 1. The minimum Gasteiger partial charge on any atom is -0.423 e. The van der Waals surface area contributed by atoms with Crippen LogP contribution >= 0.6 is 23.2 Å². The molecular formula is C20H14Cl2N2O4S. The Morgan fingerprint density at radius 1 is 0.966 bits per heavy atom. The molecule has 0 heterocycles. The first-order valence-corrected chi connectivity index (χ1v) is 10.5. The second kappa shape index (κ2) is 9.09. The molecule has 0 spiro atoms. The maximum absolute atomic E-state index is 12.3. The molecule has 1 N–H and O–H groups in total. The number of esters is 1. The van der Waals surface area contributed by atoms with Crippen molar-refractivity contribution < 1.29 is 17.9 Å². The van der Waals surface area contributed by atoms with Crippen LogP contribution < -0.4 is 9.57 Å². The zero-order chi connectivity index (χ0) is 20.9. The number of carbonyl (C=O) groups is 1. The van der Waals surface area contributed by atoms with E-state index in [-0.39, 0.29) is 21.2 Å². The zero-order valence-corrected chi connectivity index (χ0v) is 17.1. The SMILES string of the molecule is O=C(Oc1cccc(/C=N/NS(=O)(=O)c2ccccc2)c1)c1ccc(Cl)cc1Cl. The summed E-state index contributed by atoms with van der Waals surface area (Å²) >= 11 is 11.8. The molecule has 0 fully saturated rings. The van der Waals surface area contributed by atoms with E-state index in [1.54, 1.807) is 36.4 Å². The van der Waals surface area contributed by atoms with Gasteiger partial charge < -0.3 is 4.74 Å². The molecule has 3 aromatic carbocycles. The smallest absolute Gasteiger partial charge is 0.345 e. The molecule has 9 heteroatoms. The van der Waals surface area contributed by atoms with E-state index in [0.29, 0.717) is 10.6 Å². The molecule has 0 saturated carbocycles. The molecule has 0 atom stereocenters. The average molecular weight is 449 g/mol. The lowest BCUT2D eigenvalue weighted by atomic mass is 10.2. The van der Waals surface area contributed by atoms with Gasteiger partial charge in [-0.05, 0) is 48.0 Å². The second-order valence-electron chi connectivity index (χ2n) is 5.75. The Balaban J connectivity index is 1.69. The molecule has 3 rings (SSSR count). The zero-order valence-electron chi connectivity index (χ0n) is 14.7. The van der Waals surface area contributed by atoms with E-state index in [1.807, 2.05) is 0 Å². The summed E-state index contributed by atoms with van der Waals surface area (Å²) in [7, 11) is -3.76. The van der Waals surface area contributed by atoms with E-state index >= 15 is 0 Å². The topological polar surface area (TPSA) is 84.8 Å². The normalized spacial score (nSPS) is 11.4. The highest BCUT2D eigenvalue weighted by atomic mass is 35.5. The summed E-state index contributed by atoms with van der Waals surface area (Å²) in [6.07, 6.45) is 1.30. The Hall–Kier alpha value is -2.87. The van der Waals surface area contributed by atoms with Crippen molar-refractivity contribution in [2.75, 3.05) is 0 Å². The van der Waals surface area contributed by atoms with Gasteiger partial charge in [0.2, 0.25) is 0 Å². The maximum atomic E-state index is 12.3. The number of nitrogens with one attached hydrogen (secondary N) is 1. The van der Waals surface area contributed by atoms with Crippen molar-refractivity contribution in [1.82, 2.24) is 4.83 Å². The average Bonchev–Trinajstić information content (AvgIpc) is 2.69. The van der Waals surface area contributed by atoms with Gasteiger partial charge in [-0.1, -0.05) is 53.5 Å². The molecule has 0 aliphatic heterocycles. The van der Waals surface area contributed by atoms with Crippen LogP contribution in [-0.4, -0.2) is 20.6 Å². The third-order valence-corrected chi connectivity index (χ3v) is 5.45. The molecule has 0 aromatic heterocycles. The van der Waals surface area contributed by atoms with Crippen molar-refractivity contribution in [1.29, 1.82) is 0 Å². The number of sulfonamides is 1. The monoisotopic (exact) mass is 448 g/mol. The molecule has 6 nitrogen and oxygen atoms in total. The van der Waals surface area contributed by atoms with Crippen molar-refractivity contribution in [2.24, 2.45) is 5.10 Å². The van der Waals surface area contributed by atoms with Crippen LogP contribution in [0.25, 0.3) is 0 Å². The fourth-order valence-corrected chi connectivity index (χ4v) is 3.60. The van der Waals surface area contributed by atoms with Gasteiger partial charge in [0, 0.05) is 5.02 Å². The minimum absolute atomic E-state index is 0.0969. The van der Waals surface area contributed by atoms with E-state index in [1.165, 1.54) is 42.6 Å². The second-order valence-corrected chi connectivity index (χ2v) is 8.26. The summed E-state index contributed by atoms with van der Waals surface area (Å²) in [6, 6.07) is 18.7. The van der Waals surface area contributed by atoms with Gasteiger partial charge in [0.1, 0.15) is 5.75 Å². The lowest BCUT2D eigenvalue weighted by Crippen LogP contribution is -2.18. The van der Waals surface area contributed by atoms with Crippen LogP contribution in [0.4, 0.5) is 0 Å². The molecular weight excluding hydrogens is 435 g/mol. The summed E-state index contributed by atoms with van der Waals surface area (Å²) in [5, 5.41) is 4.33. The molecule has 0 aliphatic carbocycles. The standard InChI is InChI=1S/C20H14Cl2N2O4S/c21-15-9-10-18(19(22)12-15)20(25)28-16-6-4-5-14(11-16)13-23-24-29(26,27)17-7-2-1-3-8-17/h1-13,24H/b23-13+. The predicted molar refractivity (Wildman–Crippen MR) is 112 cm³/mol.